The van der Waals surface area contributed by atoms with Crippen LogP contribution in [0, 0.1) is 0 Å². The first-order valence-electron chi connectivity index (χ1n) is 13.1. The zero-order valence-corrected chi connectivity index (χ0v) is 23.7. The van der Waals surface area contributed by atoms with Crippen LogP contribution in [0.3, 0.4) is 0 Å². The quantitative estimate of drug-likeness (QED) is 0.177. The van der Waals surface area contributed by atoms with Gasteiger partial charge in [0.15, 0.2) is 0 Å². The second-order valence-corrected chi connectivity index (χ2v) is 11.5. The van der Waals surface area contributed by atoms with Gasteiger partial charge in [0.05, 0.1) is 17.4 Å². The van der Waals surface area contributed by atoms with Crippen molar-refractivity contribution >= 4 is 67.9 Å². The lowest BCUT2D eigenvalue weighted by molar-refractivity contribution is 0.133. The maximum atomic E-state index is 9.14. The van der Waals surface area contributed by atoms with E-state index < -0.39 is 0 Å². The minimum atomic E-state index is -0.106. The van der Waals surface area contributed by atoms with Gasteiger partial charge >= 0.3 is 0 Å². The topological polar surface area (TPSA) is 78.2 Å². The molecule has 0 bridgehead atoms. The fourth-order valence-corrected chi connectivity index (χ4v) is 6.41. The lowest BCUT2D eigenvalue weighted by Gasteiger charge is -2.21. The molecule has 0 saturated carbocycles. The Morgan fingerprint density at radius 2 is 1.27 bits per heavy atom. The van der Waals surface area contributed by atoms with Gasteiger partial charge in [-0.1, -0.05) is 72.1 Å². The van der Waals surface area contributed by atoms with Gasteiger partial charge in [0.1, 0.15) is 15.8 Å². The molecule has 1 atom stereocenters. The maximum absolute atomic E-state index is 9.14. The van der Waals surface area contributed by atoms with Gasteiger partial charge in [-0.2, -0.15) is 11.0 Å². The highest BCUT2D eigenvalue weighted by Crippen LogP contribution is 2.49. The Bertz CT molecular complexity index is 1680. The van der Waals surface area contributed by atoms with E-state index in [-0.39, 0.29) is 6.04 Å². The Morgan fingerprint density at radius 3 is 1.77 bits per heavy atom. The summed E-state index contributed by atoms with van der Waals surface area (Å²) in [5.41, 5.74) is 10.3. The molecule has 0 radical (unpaired) electrons. The van der Waals surface area contributed by atoms with Gasteiger partial charge in [0.2, 0.25) is 0 Å². The molecule has 0 aromatic heterocycles. The number of thioether (sulfide) groups is 2. The number of nitrogens with zero attached hydrogens (tertiary/aromatic N) is 2. The number of benzene rings is 4. The van der Waals surface area contributed by atoms with Gasteiger partial charge in [0, 0.05) is 27.1 Å². The average Bonchev–Trinajstić information content (AvgIpc) is 3.00. The highest BCUT2D eigenvalue weighted by atomic mass is 32.2. The van der Waals surface area contributed by atoms with E-state index >= 15 is 0 Å². The lowest BCUT2D eigenvalue weighted by atomic mass is 10.1. The molecule has 0 amide bonds. The van der Waals surface area contributed by atoms with E-state index in [0.29, 0.717) is 0 Å². The molecule has 4 aromatic carbocycles. The Balaban J connectivity index is 1.22. The molecular formula is C32H28N4O2S2. The number of hydrogen-bond acceptors (Lipinski definition) is 8. The van der Waals surface area contributed by atoms with Crippen LogP contribution in [0.5, 0.6) is 5.75 Å². The maximum Gasteiger partial charge on any atom is 0.147 e. The van der Waals surface area contributed by atoms with E-state index in [1.807, 2.05) is 62.4 Å². The third-order valence-electron chi connectivity index (χ3n) is 6.61. The SMILES string of the molecule is CCNOc1ccc(/C=C/C2=Nc3ccc4c5c(ccc(c35)S2)N=C(/C=C/c2ccc(C(C)NO)cc2)S4)cc1. The fraction of sp³-hybridized carbons (Fsp3) is 0.125. The second-order valence-electron chi connectivity index (χ2n) is 9.37. The largest absolute Gasteiger partial charge is 0.409 e. The first kappa shape index (κ1) is 26.6. The Morgan fingerprint density at radius 1 is 0.750 bits per heavy atom. The van der Waals surface area contributed by atoms with Crippen molar-refractivity contribution in [2.45, 2.75) is 29.7 Å². The van der Waals surface area contributed by atoms with Gasteiger partial charge < -0.3 is 10.0 Å². The van der Waals surface area contributed by atoms with Crippen molar-refractivity contribution in [1.29, 1.82) is 0 Å². The van der Waals surface area contributed by atoms with E-state index in [4.69, 9.17) is 20.0 Å². The Hall–Kier alpha value is -3.66. The molecule has 2 aliphatic heterocycles. The van der Waals surface area contributed by atoms with Crippen LogP contribution in [-0.4, -0.2) is 21.8 Å². The van der Waals surface area contributed by atoms with Gasteiger partial charge in [-0.3, -0.25) is 0 Å². The summed E-state index contributed by atoms with van der Waals surface area (Å²) >= 11 is 3.36. The van der Waals surface area contributed by atoms with E-state index in [9.17, 15) is 0 Å². The molecule has 40 heavy (non-hydrogen) atoms. The highest BCUT2D eigenvalue weighted by Gasteiger charge is 2.22. The third kappa shape index (κ3) is 5.63. The van der Waals surface area contributed by atoms with E-state index in [2.05, 4.69) is 59.5 Å². The molecule has 2 aliphatic rings. The monoisotopic (exact) mass is 564 g/mol. The summed E-state index contributed by atoms with van der Waals surface area (Å²) in [6.07, 6.45) is 8.27. The number of nitrogens with one attached hydrogen (secondary N) is 2. The van der Waals surface area contributed by atoms with Gasteiger partial charge in [-0.15, -0.1) is 0 Å². The van der Waals surface area contributed by atoms with E-state index in [0.717, 1.165) is 50.4 Å². The minimum Gasteiger partial charge on any atom is -0.409 e. The summed E-state index contributed by atoms with van der Waals surface area (Å²) in [6, 6.07) is 24.5. The van der Waals surface area contributed by atoms with Crippen LogP contribution in [0.15, 0.2) is 105 Å². The van der Waals surface area contributed by atoms with Crippen LogP contribution < -0.4 is 15.8 Å². The smallest absolute Gasteiger partial charge is 0.147 e. The Kier molecular flexibility index (Phi) is 7.86. The number of hydroxylamine groups is 2. The zero-order valence-electron chi connectivity index (χ0n) is 22.1. The van der Waals surface area contributed by atoms with Crippen molar-refractivity contribution in [3.8, 4) is 5.75 Å². The van der Waals surface area contributed by atoms with E-state index in [1.54, 1.807) is 23.5 Å². The molecule has 0 spiro atoms. The normalized spacial score (nSPS) is 15.0. The summed E-state index contributed by atoms with van der Waals surface area (Å²) in [4.78, 5) is 17.8. The fourth-order valence-electron chi connectivity index (χ4n) is 4.51. The van der Waals surface area contributed by atoms with Crippen molar-refractivity contribution in [1.82, 2.24) is 11.0 Å². The molecule has 1 unspecified atom stereocenters. The number of rotatable bonds is 9. The predicted octanol–water partition coefficient (Wildman–Crippen LogP) is 8.48. The molecular weight excluding hydrogens is 537 g/mol. The molecule has 6 nitrogen and oxygen atoms in total. The van der Waals surface area contributed by atoms with Crippen molar-refractivity contribution in [2.75, 3.05) is 6.54 Å². The molecule has 0 aliphatic carbocycles. The van der Waals surface area contributed by atoms with Crippen molar-refractivity contribution < 1.29 is 10.0 Å². The Labute approximate surface area is 241 Å². The summed E-state index contributed by atoms with van der Waals surface area (Å²) in [5.74, 6) is 0.788. The molecule has 200 valence electrons. The molecule has 3 N–H and O–H groups in total. The molecule has 2 heterocycles. The average molecular weight is 565 g/mol. The standard InChI is InChI=1S/C32H28N4O2S2/c1-3-33-38-24-12-6-22(7-13-24)9-19-30-35-26-15-16-27-31-25(14-17-28(40-30)32(26)31)34-29(39-27)18-8-21-4-10-23(11-5-21)20(2)36-37/h4-20,33,36-37H,3H2,1-2H3/b18-8+,19-9+. The van der Waals surface area contributed by atoms with E-state index in [1.165, 1.54) is 20.6 Å². The molecule has 0 saturated heterocycles. The molecule has 6 rings (SSSR count). The van der Waals surface area contributed by atoms with Gasteiger partial charge in [0.25, 0.3) is 0 Å². The van der Waals surface area contributed by atoms with Crippen LogP contribution in [0.1, 0.15) is 36.6 Å². The zero-order chi connectivity index (χ0) is 27.5. The van der Waals surface area contributed by atoms with Crippen LogP contribution in [0.25, 0.3) is 22.9 Å². The van der Waals surface area contributed by atoms with Gasteiger partial charge in [-0.25, -0.2) is 9.98 Å². The lowest BCUT2D eigenvalue weighted by Crippen LogP contribution is -2.16. The molecule has 0 fully saturated rings. The van der Waals surface area contributed by atoms with Gasteiger partial charge in [-0.05, 0) is 79.1 Å². The summed E-state index contributed by atoms with van der Waals surface area (Å²) in [6.45, 7) is 4.66. The highest BCUT2D eigenvalue weighted by molar-refractivity contribution is 8.15. The van der Waals surface area contributed by atoms with Crippen LogP contribution in [0.4, 0.5) is 11.4 Å². The van der Waals surface area contributed by atoms with Crippen molar-refractivity contribution in [3.63, 3.8) is 0 Å². The third-order valence-corrected chi connectivity index (χ3v) is 8.61. The van der Waals surface area contributed by atoms with Crippen LogP contribution in [0.2, 0.25) is 0 Å². The van der Waals surface area contributed by atoms with Crippen molar-refractivity contribution in [2.24, 2.45) is 9.98 Å². The first-order valence-corrected chi connectivity index (χ1v) is 14.7. The van der Waals surface area contributed by atoms with Crippen LogP contribution in [-0.2, 0) is 0 Å². The summed E-state index contributed by atoms with van der Waals surface area (Å²) in [5, 5.41) is 13.4. The number of aliphatic imine (C=N–C) groups is 2. The van der Waals surface area contributed by atoms with Crippen LogP contribution >= 0.6 is 23.5 Å². The summed E-state index contributed by atoms with van der Waals surface area (Å²) in [7, 11) is 0. The van der Waals surface area contributed by atoms with Crippen molar-refractivity contribution in [3.05, 3.63) is 102 Å². The first-order chi connectivity index (χ1) is 19.6. The predicted molar refractivity (Wildman–Crippen MR) is 168 cm³/mol. The summed E-state index contributed by atoms with van der Waals surface area (Å²) < 4.78 is 0. The minimum absolute atomic E-state index is 0.106. The second kappa shape index (κ2) is 11.8. The molecule has 4 aromatic rings. The number of hydrogen-bond donors (Lipinski definition) is 3. The molecule has 8 heteroatoms.